The lowest BCUT2D eigenvalue weighted by Gasteiger charge is -2.31. The molecule has 1 heterocycles. The van der Waals surface area contributed by atoms with E-state index in [4.69, 9.17) is 55.9 Å². The van der Waals surface area contributed by atoms with Crippen LogP contribution in [-0.2, 0) is 19.1 Å². The second-order valence-corrected chi connectivity index (χ2v) is 10.1. The van der Waals surface area contributed by atoms with Crippen molar-refractivity contribution in [1.82, 2.24) is 5.32 Å². The van der Waals surface area contributed by atoms with Gasteiger partial charge in [-0.3, -0.25) is 14.4 Å². The second-order valence-electron chi connectivity index (χ2n) is 7.51. The van der Waals surface area contributed by atoms with Gasteiger partial charge in [0.2, 0.25) is 11.8 Å². The van der Waals surface area contributed by atoms with E-state index in [0.29, 0.717) is 17.9 Å². The number of ether oxygens (including phenoxy) is 2. The fraction of sp³-hybridized carbons (Fsp3) is 0.250. The summed E-state index contributed by atoms with van der Waals surface area (Å²) in [6.07, 6.45) is 0. The summed E-state index contributed by atoms with van der Waals surface area (Å²) in [7, 11) is 1.14. The number of carbonyl (C=O) groups excluding carboxylic acids is 3. The molecule has 2 aromatic carbocycles. The Morgan fingerprint density at radius 2 is 1.84 bits per heavy atom. The number of esters is 1. The number of methoxy groups -OCH3 is 1. The molecule has 37 heavy (non-hydrogen) atoms. The van der Waals surface area contributed by atoms with Gasteiger partial charge in [-0.2, -0.15) is 5.26 Å². The van der Waals surface area contributed by atoms with E-state index in [9.17, 15) is 19.6 Å². The van der Waals surface area contributed by atoms with Gasteiger partial charge in [0.25, 0.3) is 0 Å². The van der Waals surface area contributed by atoms with E-state index >= 15 is 0 Å². The molecule has 13 heteroatoms. The Morgan fingerprint density at radius 1 is 1.16 bits per heavy atom. The number of nitriles is 1. The average Bonchev–Trinajstić information content (AvgIpc) is 2.86. The number of nitrogens with one attached hydrogen (secondary N) is 2. The quantitative estimate of drug-likeness (QED) is 0.289. The zero-order valence-corrected chi connectivity index (χ0v) is 23.2. The molecule has 2 amide bonds. The molecule has 3 rings (SSSR count). The predicted molar refractivity (Wildman–Crippen MR) is 144 cm³/mol. The minimum absolute atomic E-state index is 0.0323. The first kappa shape index (κ1) is 29.0. The van der Waals surface area contributed by atoms with E-state index in [2.05, 4.69) is 10.6 Å². The first-order valence-corrected chi connectivity index (χ1v) is 13.1. The van der Waals surface area contributed by atoms with Crippen molar-refractivity contribution < 1.29 is 23.9 Å². The summed E-state index contributed by atoms with van der Waals surface area (Å²) in [6, 6.07) is 9.78. The smallest absolute Gasteiger partial charge is 0.319 e. The molecular formula is C24H19Cl4N3O5S. The van der Waals surface area contributed by atoms with E-state index < -0.39 is 29.6 Å². The largest absolute Gasteiger partial charge is 0.491 e. The van der Waals surface area contributed by atoms with Crippen LogP contribution in [0.4, 0.5) is 5.69 Å². The molecule has 2 atom stereocenters. The summed E-state index contributed by atoms with van der Waals surface area (Å²) in [5, 5.41) is 16.1. The number of halogens is 4. The van der Waals surface area contributed by atoms with Crippen LogP contribution in [0.2, 0.25) is 20.1 Å². The first-order chi connectivity index (χ1) is 17.6. The van der Waals surface area contributed by atoms with Crippen molar-refractivity contribution in [2.75, 3.05) is 24.8 Å². The van der Waals surface area contributed by atoms with Crippen molar-refractivity contribution in [1.29, 1.82) is 5.26 Å². The highest BCUT2D eigenvalue weighted by Crippen LogP contribution is 2.44. The number of anilines is 1. The van der Waals surface area contributed by atoms with E-state index in [0.717, 1.165) is 18.9 Å². The summed E-state index contributed by atoms with van der Waals surface area (Å²) in [5.41, 5.74) is 0.669. The third kappa shape index (κ3) is 6.46. The predicted octanol–water partition coefficient (Wildman–Crippen LogP) is 5.81. The lowest BCUT2D eigenvalue weighted by molar-refractivity contribution is -0.150. The standard InChI is InChI=1S/C24H19Cl4N3O5S/c1-3-36-21-14(26)7-11(8-15(21)27)18-12(9-29)23(31-22(33)19(18)24(34)35-2)37-10-17(32)30-16-6-4-5-13(25)20(16)28/h4-8,18-19H,3,10H2,1-2H3,(H,30,32)(H,31,33)/t18-,19-/m0/s1. The molecule has 8 nitrogen and oxygen atoms in total. The van der Waals surface area contributed by atoms with Crippen LogP contribution >= 0.6 is 58.2 Å². The van der Waals surface area contributed by atoms with Crippen LogP contribution < -0.4 is 15.4 Å². The molecule has 2 aromatic rings. The van der Waals surface area contributed by atoms with E-state index in [1.807, 2.05) is 6.07 Å². The van der Waals surface area contributed by atoms with Crippen molar-refractivity contribution >= 4 is 81.6 Å². The van der Waals surface area contributed by atoms with E-state index in [-0.39, 0.29) is 42.2 Å². The maximum absolute atomic E-state index is 13.0. The highest BCUT2D eigenvalue weighted by molar-refractivity contribution is 8.03. The highest BCUT2D eigenvalue weighted by Gasteiger charge is 2.44. The normalized spacial score (nSPS) is 17.1. The maximum Gasteiger partial charge on any atom is 0.319 e. The summed E-state index contributed by atoms with van der Waals surface area (Å²) in [5.74, 6) is -4.46. The molecule has 0 radical (unpaired) electrons. The Kier molecular flexibility index (Phi) is 9.99. The Hall–Kier alpha value is -2.61. The minimum Gasteiger partial charge on any atom is -0.491 e. The van der Waals surface area contributed by atoms with Crippen molar-refractivity contribution in [3.05, 3.63) is 66.6 Å². The van der Waals surface area contributed by atoms with Gasteiger partial charge in [-0.15, -0.1) is 0 Å². The molecule has 194 valence electrons. The third-order valence-electron chi connectivity index (χ3n) is 5.23. The summed E-state index contributed by atoms with van der Waals surface area (Å²) < 4.78 is 10.3. The fourth-order valence-corrected chi connectivity index (χ4v) is 5.45. The number of amides is 2. The third-order valence-corrected chi connectivity index (χ3v) is 7.62. The fourth-order valence-electron chi connectivity index (χ4n) is 3.65. The number of hydrogen-bond donors (Lipinski definition) is 2. The maximum atomic E-state index is 13.0. The number of nitrogens with zero attached hydrogens (tertiary/aromatic N) is 1. The molecular weight excluding hydrogens is 584 g/mol. The van der Waals surface area contributed by atoms with Crippen LogP contribution in [0.5, 0.6) is 5.75 Å². The molecule has 1 aliphatic heterocycles. The number of hydrogen-bond acceptors (Lipinski definition) is 7. The first-order valence-electron chi connectivity index (χ1n) is 10.6. The molecule has 0 unspecified atom stereocenters. The monoisotopic (exact) mass is 601 g/mol. The second kappa shape index (κ2) is 12.8. The molecule has 0 aliphatic carbocycles. The molecule has 0 fully saturated rings. The van der Waals surface area contributed by atoms with Gasteiger partial charge >= 0.3 is 5.97 Å². The Morgan fingerprint density at radius 3 is 2.43 bits per heavy atom. The van der Waals surface area contributed by atoms with Gasteiger partial charge in [-0.25, -0.2) is 0 Å². The summed E-state index contributed by atoms with van der Waals surface area (Å²) >= 11 is 25.7. The van der Waals surface area contributed by atoms with Gasteiger partial charge in [-0.05, 0) is 36.8 Å². The van der Waals surface area contributed by atoms with Crippen LogP contribution in [0, 0.1) is 17.2 Å². The van der Waals surface area contributed by atoms with Gasteiger partial charge in [-0.1, -0.05) is 64.2 Å². The summed E-state index contributed by atoms with van der Waals surface area (Å²) in [6.45, 7) is 2.07. The zero-order chi connectivity index (χ0) is 27.3. The Balaban J connectivity index is 1.97. The highest BCUT2D eigenvalue weighted by atomic mass is 35.5. The van der Waals surface area contributed by atoms with Gasteiger partial charge in [0.05, 0.1) is 61.9 Å². The van der Waals surface area contributed by atoms with Gasteiger partial charge in [0, 0.05) is 5.92 Å². The number of benzene rings is 2. The molecule has 0 saturated heterocycles. The lowest BCUT2D eigenvalue weighted by atomic mass is 9.78. The Bertz CT molecular complexity index is 1300. The van der Waals surface area contributed by atoms with Crippen molar-refractivity contribution in [2.24, 2.45) is 5.92 Å². The Labute approximate surface area is 237 Å². The van der Waals surface area contributed by atoms with Crippen molar-refractivity contribution in [3.8, 4) is 11.8 Å². The number of allylic oxidation sites excluding steroid dienone is 1. The summed E-state index contributed by atoms with van der Waals surface area (Å²) in [4.78, 5) is 38.2. The molecule has 0 saturated carbocycles. The van der Waals surface area contributed by atoms with Gasteiger partial charge < -0.3 is 20.1 Å². The zero-order valence-electron chi connectivity index (χ0n) is 19.4. The van der Waals surface area contributed by atoms with Crippen LogP contribution in [-0.4, -0.2) is 37.3 Å². The van der Waals surface area contributed by atoms with Crippen LogP contribution in [0.15, 0.2) is 40.9 Å². The van der Waals surface area contributed by atoms with Crippen LogP contribution in [0.1, 0.15) is 18.4 Å². The molecule has 0 bridgehead atoms. The van der Waals surface area contributed by atoms with Crippen LogP contribution in [0.3, 0.4) is 0 Å². The molecule has 2 N–H and O–H groups in total. The van der Waals surface area contributed by atoms with Crippen molar-refractivity contribution in [3.63, 3.8) is 0 Å². The molecule has 0 spiro atoms. The van der Waals surface area contributed by atoms with E-state index in [1.165, 1.54) is 12.1 Å². The van der Waals surface area contributed by atoms with Crippen molar-refractivity contribution in [2.45, 2.75) is 12.8 Å². The van der Waals surface area contributed by atoms with Crippen LogP contribution in [0.25, 0.3) is 0 Å². The topological polar surface area (TPSA) is 118 Å². The van der Waals surface area contributed by atoms with Gasteiger partial charge in [0.1, 0.15) is 5.92 Å². The average molecular weight is 603 g/mol. The number of carbonyl (C=O) groups is 3. The SMILES string of the molecule is CCOc1c(Cl)cc([C@H]2C(C#N)=C(SCC(=O)Nc3cccc(Cl)c3Cl)NC(=O)[C@H]2C(=O)OC)cc1Cl. The van der Waals surface area contributed by atoms with E-state index in [1.54, 1.807) is 25.1 Å². The van der Waals surface area contributed by atoms with Gasteiger partial charge in [0.15, 0.2) is 5.75 Å². The number of thioether (sulfide) groups is 1. The lowest BCUT2D eigenvalue weighted by Crippen LogP contribution is -2.44. The molecule has 0 aromatic heterocycles. The molecule has 1 aliphatic rings. The number of rotatable bonds is 8. The minimum atomic E-state index is -1.40.